The van der Waals surface area contributed by atoms with Crippen LogP contribution in [0.25, 0.3) is 11.3 Å². The summed E-state index contributed by atoms with van der Waals surface area (Å²) < 4.78 is 16.2. The Bertz CT molecular complexity index is 1180. The summed E-state index contributed by atoms with van der Waals surface area (Å²) in [7, 11) is 0. The van der Waals surface area contributed by atoms with E-state index in [9.17, 15) is 14.4 Å². The number of amides is 1. The van der Waals surface area contributed by atoms with Gasteiger partial charge in [-0.1, -0.05) is 19.1 Å². The van der Waals surface area contributed by atoms with Gasteiger partial charge in [0.2, 0.25) is 11.4 Å². The maximum absolute atomic E-state index is 12.8. The van der Waals surface area contributed by atoms with E-state index < -0.39 is 23.4 Å². The van der Waals surface area contributed by atoms with Crippen molar-refractivity contribution in [2.75, 3.05) is 13.2 Å². The zero-order chi connectivity index (χ0) is 26.8. The minimum atomic E-state index is -1.92. The molecule has 0 atom stereocenters. The molecule has 0 aliphatic heterocycles. The van der Waals surface area contributed by atoms with E-state index in [2.05, 4.69) is 15.3 Å². The van der Waals surface area contributed by atoms with Gasteiger partial charge in [0.25, 0.3) is 0 Å². The van der Waals surface area contributed by atoms with E-state index in [0.717, 1.165) is 29.1 Å². The third kappa shape index (κ3) is 6.97. The maximum Gasteiger partial charge on any atom is 0.343 e. The second-order valence-electron chi connectivity index (χ2n) is 8.39. The Morgan fingerprint density at radius 1 is 0.892 bits per heavy atom. The van der Waals surface area contributed by atoms with Gasteiger partial charge in [0.15, 0.2) is 0 Å². The smallest absolute Gasteiger partial charge is 0.343 e. The van der Waals surface area contributed by atoms with E-state index in [0.29, 0.717) is 17.9 Å². The molecule has 1 aromatic heterocycles. The molecule has 2 aromatic carbocycles. The molecule has 3 rings (SSSR count). The van der Waals surface area contributed by atoms with E-state index in [1.165, 1.54) is 6.92 Å². The van der Waals surface area contributed by atoms with E-state index in [1.54, 1.807) is 26.0 Å². The summed E-state index contributed by atoms with van der Waals surface area (Å²) in [6.07, 6.45) is 2.96. The lowest BCUT2D eigenvalue weighted by molar-refractivity contribution is -0.168. The first-order valence-corrected chi connectivity index (χ1v) is 12.4. The van der Waals surface area contributed by atoms with Crippen molar-refractivity contribution in [1.82, 2.24) is 15.3 Å². The SMILES string of the molecule is CCOC(=O)C(CCc1ccc(Oc2ccc(-c3cnc(CC)[nH]3)cc2)cc1)(NC(C)=O)C(=O)OCC. The highest BCUT2D eigenvalue weighted by Gasteiger charge is 2.49. The van der Waals surface area contributed by atoms with Crippen LogP contribution in [-0.4, -0.2) is 46.6 Å². The van der Waals surface area contributed by atoms with Crippen LogP contribution in [0.1, 0.15) is 45.5 Å². The standard InChI is InChI=1S/C28H33N3O6/c1-5-25-29-18-24(30-25)21-10-14-23(15-11-21)37-22-12-8-20(9-13-22)16-17-28(31-19(4)32,26(33)35-6-2)27(34)36-7-3/h8-15,18H,5-7,16-17H2,1-4H3,(H,29,30)(H,31,32). The van der Waals surface area contributed by atoms with Crippen LogP contribution < -0.4 is 10.1 Å². The summed E-state index contributed by atoms with van der Waals surface area (Å²) >= 11 is 0. The van der Waals surface area contributed by atoms with Crippen LogP contribution >= 0.6 is 0 Å². The number of aromatic nitrogens is 2. The minimum Gasteiger partial charge on any atom is -0.464 e. The number of hydrogen-bond acceptors (Lipinski definition) is 7. The van der Waals surface area contributed by atoms with Crippen molar-refractivity contribution < 1.29 is 28.6 Å². The zero-order valence-electron chi connectivity index (χ0n) is 21.6. The Hall–Kier alpha value is -4.14. The van der Waals surface area contributed by atoms with Crippen molar-refractivity contribution >= 4 is 17.8 Å². The fourth-order valence-corrected chi connectivity index (χ4v) is 3.84. The Kier molecular flexibility index (Phi) is 9.43. The molecule has 0 unspecified atom stereocenters. The van der Waals surface area contributed by atoms with Gasteiger partial charge in [0.1, 0.15) is 17.3 Å². The molecule has 3 aromatic rings. The van der Waals surface area contributed by atoms with Crippen LogP contribution in [0.15, 0.2) is 54.7 Å². The highest BCUT2D eigenvalue weighted by Crippen LogP contribution is 2.26. The van der Waals surface area contributed by atoms with E-state index in [1.807, 2.05) is 49.5 Å². The molecule has 9 heteroatoms. The second kappa shape index (κ2) is 12.7. The number of H-pyrrole nitrogens is 1. The minimum absolute atomic E-state index is 0.0146. The molecule has 0 bridgehead atoms. The lowest BCUT2D eigenvalue weighted by Gasteiger charge is -2.29. The van der Waals surface area contributed by atoms with E-state index in [-0.39, 0.29) is 19.6 Å². The largest absolute Gasteiger partial charge is 0.464 e. The van der Waals surface area contributed by atoms with Crippen molar-refractivity contribution in [3.05, 3.63) is 66.1 Å². The van der Waals surface area contributed by atoms with Gasteiger partial charge in [-0.05, 0) is 74.2 Å². The van der Waals surface area contributed by atoms with Gasteiger partial charge in [-0.25, -0.2) is 14.6 Å². The van der Waals surface area contributed by atoms with Crippen LogP contribution in [-0.2, 0) is 36.7 Å². The van der Waals surface area contributed by atoms with Gasteiger partial charge < -0.3 is 24.5 Å². The number of rotatable bonds is 12. The number of aromatic amines is 1. The number of benzene rings is 2. The van der Waals surface area contributed by atoms with Crippen molar-refractivity contribution in [1.29, 1.82) is 0 Å². The Balaban J connectivity index is 1.69. The lowest BCUT2D eigenvalue weighted by Crippen LogP contribution is -2.61. The monoisotopic (exact) mass is 507 g/mol. The molecular formula is C28H33N3O6. The molecule has 37 heavy (non-hydrogen) atoms. The Morgan fingerprint density at radius 3 is 1.95 bits per heavy atom. The molecule has 1 amide bonds. The van der Waals surface area contributed by atoms with Gasteiger partial charge in [0.05, 0.1) is 25.1 Å². The first-order valence-electron chi connectivity index (χ1n) is 12.4. The topological polar surface area (TPSA) is 120 Å². The van der Waals surface area contributed by atoms with Gasteiger partial charge in [0, 0.05) is 13.3 Å². The maximum atomic E-state index is 12.8. The third-order valence-corrected chi connectivity index (χ3v) is 5.71. The molecule has 2 N–H and O–H groups in total. The van der Waals surface area contributed by atoms with E-state index >= 15 is 0 Å². The number of carbonyl (C=O) groups is 3. The summed E-state index contributed by atoms with van der Waals surface area (Å²) in [5, 5.41) is 2.48. The number of hydrogen-bond donors (Lipinski definition) is 2. The summed E-state index contributed by atoms with van der Waals surface area (Å²) in [4.78, 5) is 45.0. The molecule has 0 fully saturated rings. The quantitative estimate of drug-likeness (QED) is 0.276. The van der Waals surface area contributed by atoms with Crippen molar-refractivity contribution in [3.63, 3.8) is 0 Å². The fraction of sp³-hybridized carbons (Fsp3) is 0.357. The van der Waals surface area contributed by atoms with Gasteiger partial charge >= 0.3 is 11.9 Å². The van der Waals surface area contributed by atoms with E-state index in [4.69, 9.17) is 14.2 Å². The number of carbonyl (C=O) groups excluding carboxylic acids is 3. The zero-order valence-corrected chi connectivity index (χ0v) is 21.6. The normalized spacial score (nSPS) is 11.0. The predicted molar refractivity (Wildman–Crippen MR) is 138 cm³/mol. The number of aryl methyl sites for hydroxylation is 2. The molecule has 1 heterocycles. The van der Waals surface area contributed by atoms with Crippen LogP contribution in [0.3, 0.4) is 0 Å². The first kappa shape index (κ1) is 27.4. The number of ether oxygens (including phenoxy) is 3. The number of nitrogens with zero attached hydrogens (tertiary/aromatic N) is 1. The average molecular weight is 508 g/mol. The third-order valence-electron chi connectivity index (χ3n) is 5.71. The number of esters is 2. The summed E-state index contributed by atoms with van der Waals surface area (Å²) in [5.74, 6) is 0.0425. The first-order chi connectivity index (χ1) is 17.8. The van der Waals surface area contributed by atoms with Crippen LogP contribution in [0.2, 0.25) is 0 Å². The molecule has 0 spiro atoms. The van der Waals surface area contributed by atoms with Gasteiger partial charge in [-0.15, -0.1) is 0 Å². The van der Waals surface area contributed by atoms with Crippen LogP contribution in [0, 0.1) is 0 Å². The summed E-state index contributed by atoms with van der Waals surface area (Å²) in [6, 6.07) is 15.0. The highest BCUT2D eigenvalue weighted by molar-refractivity contribution is 6.07. The molecule has 0 saturated heterocycles. The molecule has 9 nitrogen and oxygen atoms in total. The van der Waals surface area contributed by atoms with Gasteiger partial charge in [-0.2, -0.15) is 0 Å². The molecule has 0 saturated carbocycles. The molecule has 0 aliphatic carbocycles. The van der Waals surface area contributed by atoms with Crippen molar-refractivity contribution in [2.45, 2.75) is 52.5 Å². The summed E-state index contributed by atoms with van der Waals surface area (Å²) in [5.41, 5.74) is 0.896. The lowest BCUT2D eigenvalue weighted by atomic mass is 9.90. The van der Waals surface area contributed by atoms with Crippen molar-refractivity contribution in [3.8, 4) is 22.8 Å². The average Bonchev–Trinajstić information content (AvgIpc) is 3.37. The molecule has 0 aliphatic rings. The van der Waals surface area contributed by atoms with Crippen LogP contribution in [0.5, 0.6) is 11.5 Å². The highest BCUT2D eigenvalue weighted by atomic mass is 16.6. The number of imidazole rings is 1. The fourth-order valence-electron chi connectivity index (χ4n) is 3.84. The second-order valence-corrected chi connectivity index (χ2v) is 8.39. The Morgan fingerprint density at radius 2 is 1.46 bits per heavy atom. The Labute approximate surface area is 216 Å². The predicted octanol–water partition coefficient (Wildman–Crippen LogP) is 4.37. The van der Waals surface area contributed by atoms with Crippen molar-refractivity contribution in [2.24, 2.45) is 0 Å². The molecule has 196 valence electrons. The number of nitrogens with one attached hydrogen (secondary N) is 2. The summed E-state index contributed by atoms with van der Waals surface area (Å²) in [6.45, 7) is 6.68. The van der Waals surface area contributed by atoms with Crippen LogP contribution in [0.4, 0.5) is 0 Å². The molecule has 0 radical (unpaired) electrons. The van der Waals surface area contributed by atoms with Gasteiger partial charge in [-0.3, -0.25) is 4.79 Å². The molecular weight excluding hydrogens is 474 g/mol.